The number of ether oxygens (including phenoxy) is 1. The third kappa shape index (κ3) is 3.18. The van der Waals surface area contributed by atoms with E-state index in [9.17, 15) is 17.6 Å². The molecule has 0 N–H and O–H groups in total. The van der Waals surface area contributed by atoms with Crippen molar-refractivity contribution >= 4 is 0 Å². The van der Waals surface area contributed by atoms with Crippen LogP contribution in [0.25, 0.3) is 0 Å². The summed E-state index contributed by atoms with van der Waals surface area (Å²) < 4.78 is 51.4. The van der Waals surface area contributed by atoms with Gasteiger partial charge in [-0.3, -0.25) is 4.74 Å². The summed E-state index contributed by atoms with van der Waals surface area (Å²) >= 11 is 0. The van der Waals surface area contributed by atoms with Crippen molar-refractivity contribution < 1.29 is 22.3 Å². The van der Waals surface area contributed by atoms with Crippen molar-refractivity contribution in [3.8, 4) is 0 Å². The fraction of sp³-hybridized carbons (Fsp3) is 0.500. The molecule has 1 aliphatic rings. The van der Waals surface area contributed by atoms with Gasteiger partial charge >= 0.3 is 6.36 Å². The predicted octanol–water partition coefficient (Wildman–Crippen LogP) is 2.75. The first kappa shape index (κ1) is 10.2. The van der Waals surface area contributed by atoms with E-state index >= 15 is 0 Å². The number of allylic oxidation sites excluding steroid dienone is 2. The molecule has 0 saturated heterocycles. The summed E-state index contributed by atoms with van der Waals surface area (Å²) in [6.45, 7) is 1.60. The van der Waals surface area contributed by atoms with Crippen molar-refractivity contribution in [3.05, 3.63) is 23.8 Å². The van der Waals surface area contributed by atoms with Gasteiger partial charge in [-0.1, -0.05) is 17.7 Å². The zero-order valence-corrected chi connectivity index (χ0v) is 6.81. The SMILES string of the molecule is CC1=CC(F)C(OC(F)(F)F)C=C1. The van der Waals surface area contributed by atoms with Crippen molar-refractivity contribution in [2.75, 3.05) is 0 Å². The molecule has 0 bridgehead atoms. The van der Waals surface area contributed by atoms with Gasteiger partial charge in [0.15, 0.2) is 0 Å². The Balaban J connectivity index is 2.60. The molecule has 0 fully saturated rings. The first-order valence-corrected chi connectivity index (χ1v) is 3.64. The molecule has 5 heteroatoms. The number of hydrogen-bond donors (Lipinski definition) is 0. The van der Waals surface area contributed by atoms with Crippen LogP contribution in [0, 0.1) is 0 Å². The Morgan fingerprint density at radius 3 is 2.46 bits per heavy atom. The largest absolute Gasteiger partial charge is 0.523 e. The first-order chi connectivity index (χ1) is 5.88. The maximum Gasteiger partial charge on any atom is 0.523 e. The molecule has 0 radical (unpaired) electrons. The standard InChI is InChI=1S/C8H8F4O/c1-5-2-3-7(6(9)4-5)13-8(10,11)12/h2-4,6-7H,1H3. The van der Waals surface area contributed by atoms with E-state index in [0.717, 1.165) is 12.2 Å². The predicted molar refractivity (Wildman–Crippen MR) is 38.7 cm³/mol. The second kappa shape index (κ2) is 3.49. The molecule has 0 saturated carbocycles. The molecule has 0 amide bonds. The molecule has 0 aromatic heterocycles. The lowest BCUT2D eigenvalue weighted by Gasteiger charge is -2.20. The van der Waals surface area contributed by atoms with Crippen LogP contribution in [0.5, 0.6) is 0 Å². The summed E-state index contributed by atoms with van der Waals surface area (Å²) in [6, 6.07) is 0. The topological polar surface area (TPSA) is 9.23 Å². The van der Waals surface area contributed by atoms with Crippen LogP contribution < -0.4 is 0 Å². The molecule has 0 heterocycles. The number of halogens is 4. The van der Waals surface area contributed by atoms with E-state index in [1.54, 1.807) is 6.92 Å². The molecule has 74 valence electrons. The monoisotopic (exact) mass is 196 g/mol. The van der Waals surface area contributed by atoms with E-state index in [2.05, 4.69) is 4.74 Å². The number of alkyl halides is 4. The Hall–Kier alpha value is -0.840. The second-order valence-corrected chi connectivity index (χ2v) is 2.74. The molecular formula is C8H8F4O. The lowest BCUT2D eigenvalue weighted by Crippen LogP contribution is -2.30. The quantitative estimate of drug-likeness (QED) is 0.586. The average molecular weight is 196 g/mol. The first-order valence-electron chi connectivity index (χ1n) is 3.64. The third-order valence-corrected chi connectivity index (χ3v) is 1.55. The molecule has 0 spiro atoms. The van der Waals surface area contributed by atoms with Crippen LogP contribution in [0.2, 0.25) is 0 Å². The summed E-state index contributed by atoms with van der Waals surface area (Å²) in [5, 5.41) is 0. The van der Waals surface area contributed by atoms with Crippen molar-refractivity contribution in [2.45, 2.75) is 25.6 Å². The molecular weight excluding hydrogens is 188 g/mol. The summed E-state index contributed by atoms with van der Waals surface area (Å²) in [6.07, 6.45) is -4.52. The fourth-order valence-electron chi connectivity index (χ4n) is 1.01. The van der Waals surface area contributed by atoms with Crippen molar-refractivity contribution in [1.29, 1.82) is 0 Å². The van der Waals surface area contributed by atoms with Gasteiger partial charge < -0.3 is 0 Å². The highest BCUT2D eigenvalue weighted by molar-refractivity contribution is 5.25. The maximum atomic E-state index is 12.9. The smallest absolute Gasteiger partial charge is 0.281 e. The maximum absolute atomic E-state index is 12.9. The van der Waals surface area contributed by atoms with Crippen molar-refractivity contribution in [1.82, 2.24) is 0 Å². The van der Waals surface area contributed by atoms with Crippen LogP contribution in [0.4, 0.5) is 17.6 Å². The molecule has 1 rings (SSSR count). The minimum atomic E-state index is -4.79. The summed E-state index contributed by atoms with van der Waals surface area (Å²) in [7, 11) is 0. The highest BCUT2D eigenvalue weighted by Crippen LogP contribution is 2.25. The Labute approximate surface area is 72.7 Å². The zero-order valence-electron chi connectivity index (χ0n) is 6.81. The van der Waals surface area contributed by atoms with Gasteiger partial charge in [0.05, 0.1) is 0 Å². The Bertz CT molecular complexity index is 241. The van der Waals surface area contributed by atoms with E-state index in [0.29, 0.717) is 5.57 Å². The normalized spacial score (nSPS) is 28.8. The Morgan fingerprint density at radius 1 is 1.38 bits per heavy atom. The Morgan fingerprint density at radius 2 is 2.00 bits per heavy atom. The highest BCUT2D eigenvalue weighted by Gasteiger charge is 2.36. The summed E-state index contributed by atoms with van der Waals surface area (Å²) in [5.74, 6) is 0. The minimum Gasteiger partial charge on any atom is -0.281 e. The van der Waals surface area contributed by atoms with Gasteiger partial charge in [0.2, 0.25) is 0 Å². The third-order valence-electron chi connectivity index (χ3n) is 1.55. The Kier molecular flexibility index (Phi) is 2.75. The van der Waals surface area contributed by atoms with Gasteiger partial charge in [-0.15, -0.1) is 13.2 Å². The van der Waals surface area contributed by atoms with Crippen LogP contribution in [0.1, 0.15) is 6.92 Å². The van der Waals surface area contributed by atoms with Crippen LogP contribution in [-0.4, -0.2) is 18.6 Å². The molecule has 2 unspecified atom stereocenters. The lowest BCUT2D eigenvalue weighted by atomic mass is 10.0. The van der Waals surface area contributed by atoms with Gasteiger partial charge in [0.1, 0.15) is 12.3 Å². The second-order valence-electron chi connectivity index (χ2n) is 2.74. The fourth-order valence-corrected chi connectivity index (χ4v) is 1.01. The van der Waals surface area contributed by atoms with Crippen LogP contribution in [0.15, 0.2) is 23.8 Å². The molecule has 1 nitrogen and oxygen atoms in total. The highest BCUT2D eigenvalue weighted by atomic mass is 19.4. The number of rotatable bonds is 1. The molecule has 13 heavy (non-hydrogen) atoms. The van der Waals surface area contributed by atoms with Crippen LogP contribution in [0.3, 0.4) is 0 Å². The van der Waals surface area contributed by atoms with E-state index in [1.807, 2.05) is 0 Å². The van der Waals surface area contributed by atoms with E-state index < -0.39 is 18.6 Å². The average Bonchev–Trinajstić information content (AvgIpc) is 1.93. The lowest BCUT2D eigenvalue weighted by molar-refractivity contribution is -0.340. The van der Waals surface area contributed by atoms with Gasteiger partial charge in [-0.25, -0.2) is 4.39 Å². The van der Waals surface area contributed by atoms with Crippen molar-refractivity contribution in [2.24, 2.45) is 0 Å². The van der Waals surface area contributed by atoms with Gasteiger partial charge in [0, 0.05) is 0 Å². The van der Waals surface area contributed by atoms with Gasteiger partial charge in [-0.2, -0.15) is 0 Å². The molecule has 0 aromatic rings. The summed E-state index contributed by atoms with van der Waals surface area (Å²) in [4.78, 5) is 0. The van der Waals surface area contributed by atoms with Crippen LogP contribution in [-0.2, 0) is 4.74 Å². The molecule has 2 atom stereocenters. The van der Waals surface area contributed by atoms with Crippen LogP contribution >= 0.6 is 0 Å². The number of hydrogen-bond acceptors (Lipinski definition) is 1. The van der Waals surface area contributed by atoms with E-state index in [-0.39, 0.29) is 0 Å². The molecule has 0 aliphatic heterocycles. The van der Waals surface area contributed by atoms with Crippen molar-refractivity contribution in [3.63, 3.8) is 0 Å². The van der Waals surface area contributed by atoms with Gasteiger partial charge in [-0.05, 0) is 13.0 Å². The van der Waals surface area contributed by atoms with E-state index in [4.69, 9.17) is 0 Å². The zero-order chi connectivity index (χ0) is 10.1. The molecule has 1 aliphatic carbocycles. The minimum absolute atomic E-state index is 0.592. The summed E-state index contributed by atoms with van der Waals surface area (Å²) in [5.41, 5.74) is 0.592. The van der Waals surface area contributed by atoms with Gasteiger partial charge in [0.25, 0.3) is 0 Å². The molecule has 0 aromatic carbocycles. The van der Waals surface area contributed by atoms with E-state index in [1.165, 1.54) is 6.08 Å².